The predicted octanol–water partition coefficient (Wildman–Crippen LogP) is 3.64. The molecule has 5 heteroatoms. The van der Waals surface area contributed by atoms with E-state index in [9.17, 15) is 9.59 Å². The number of carbonyl (C=O) groups excluding carboxylic acids is 1. The van der Waals surface area contributed by atoms with Crippen LogP contribution in [0.4, 0.5) is 5.69 Å². The molecule has 0 aliphatic heterocycles. The van der Waals surface area contributed by atoms with Gasteiger partial charge in [0.15, 0.2) is 0 Å². The van der Waals surface area contributed by atoms with Crippen LogP contribution in [0, 0.1) is 6.92 Å². The van der Waals surface area contributed by atoms with Gasteiger partial charge in [-0.25, -0.2) is 4.79 Å². The highest BCUT2D eigenvalue weighted by Gasteiger charge is 2.15. The molecule has 2 N–H and O–H groups in total. The molecule has 0 unspecified atom stereocenters. The molecule has 2 aromatic carbocycles. The van der Waals surface area contributed by atoms with Crippen molar-refractivity contribution in [2.75, 3.05) is 5.32 Å². The summed E-state index contributed by atoms with van der Waals surface area (Å²) >= 11 is 3.27. The molecule has 0 fully saturated rings. The Labute approximate surface area is 130 Å². The lowest BCUT2D eigenvalue weighted by atomic mass is 10.1. The van der Waals surface area contributed by atoms with Crippen molar-refractivity contribution >= 4 is 33.5 Å². The van der Waals surface area contributed by atoms with Crippen LogP contribution in [0.15, 0.2) is 46.9 Å². The first-order valence-electron chi connectivity index (χ1n) is 6.35. The first kappa shape index (κ1) is 15.3. The largest absolute Gasteiger partial charge is 0.478 e. The summed E-state index contributed by atoms with van der Waals surface area (Å²) in [5.74, 6) is -1.33. The van der Waals surface area contributed by atoms with Gasteiger partial charge in [0.1, 0.15) is 0 Å². The third-order valence-electron chi connectivity index (χ3n) is 3.12. The lowest BCUT2D eigenvalue weighted by Gasteiger charge is -2.11. The highest BCUT2D eigenvalue weighted by atomic mass is 79.9. The van der Waals surface area contributed by atoms with Gasteiger partial charge in [-0.15, -0.1) is 0 Å². The van der Waals surface area contributed by atoms with Gasteiger partial charge in [-0.3, -0.25) is 4.79 Å². The minimum Gasteiger partial charge on any atom is -0.478 e. The van der Waals surface area contributed by atoms with Gasteiger partial charge in [0.2, 0.25) is 5.91 Å². The minimum atomic E-state index is -1.08. The van der Waals surface area contributed by atoms with E-state index < -0.39 is 5.97 Å². The molecule has 2 rings (SSSR count). The quantitative estimate of drug-likeness (QED) is 0.887. The first-order valence-corrected chi connectivity index (χ1v) is 7.14. The zero-order chi connectivity index (χ0) is 15.4. The number of aromatic carboxylic acids is 1. The second-order valence-corrected chi connectivity index (χ2v) is 5.47. The third-order valence-corrected chi connectivity index (χ3v) is 3.78. The molecule has 0 aromatic heterocycles. The summed E-state index contributed by atoms with van der Waals surface area (Å²) in [6.45, 7) is 1.93. The number of anilines is 1. The fourth-order valence-corrected chi connectivity index (χ4v) is 2.46. The van der Waals surface area contributed by atoms with Crippen LogP contribution >= 0.6 is 15.9 Å². The molecule has 0 bridgehead atoms. The van der Waals surface area contributed by atoms with Crippen LogP contribution in [0.2, 0.25) is 0 Å². The van der Waals surface area contributed by atoms with Gasteiger partial charge < -0.3 is 10.4 Å². The summed E-state index contributed by atoms with van der Waals surface area (Å²) in [6, 6.07) is 12.4. The second kappa shape index (κ2) is 6.54. The number of hydrogen-bond acceptors (Lipinski definition) is 2. The van der Waals surface area contributed by atoms with Gasteiger partial charge >= 0.3 is 5.97 Å². The summed E-state index contributed by atoms with van der Waals surface area (Å²) in [7, 11) is 0. The summed E-state index contributed by atoms with van der Waals surface area (Å²) in [4.78, 5) is 23.3. The van der Waals surface area contributed by atoms with Crippen molar-refractivity contribution in [3.05, 3.63) is 63.6 Å². The number of rotatable bonds is 4. The number of carboxylic acids is 1. The molecule has 2 aromatic rings. The molecule has 0 atom stereocenters. The number of amides is 1. The van der Waals surface area contributed by atoms with Gasteiger partial charge in [-0.1, -0.05) is 30.3 Å². The maximum absolute atomic E-state index is 12.1. The standard InChI is InChI=1S/C16H14BrNO3/c1-10-5-2-3-6-11(10)9-14(19)18-15-12(16(20)21)7-4-8-13(15)17/h2-8H,9H2,1H3,(H,18,19)(H,20,21). The zero-order valence-corrected chi connectivity index (χ0v) is 13.0. The van der Waals surface area contributed by atoms with Gasteiger partial charge in [-0.05, 0) is 46.1 Å². The molecule has 0 spiro atoms. The molecule has 0 saturated carbocycles. The Balaban J connectivity index is 2.21. The lowest BCUT2D eigenvalue weighted by Crippen LogP contribution is -2.17. The van der Waals surface area contributed by atoms with Crippen LogP contribution in [0.25, 0.3) is 0 Å². The Morgan fingerprint density at radius 2 is 1.86 bits per heavy atom. The Morgan fingerprint density at radius 1 is 1.14 bits per heavy atom. The molecule has 0 aliphatic rings. The Kier molecular flexibility index (Phi) is 4.75. The lowest BCUT2D eigenvalue weighted by molar-refractivity contribution is -0.115. The molecule has 1 amide bonds. The Morgan fingerprint density at radius 3 is 2.52 bits per heavy atom. The molecule has 0 heterocycles. The number of carbonyl (C=O) groups is 2. The molecule has 0 radical (unpaired) electrons. The highest BCUT2D eigenvalue weighted by molar-refractivity contribution is 9.10. The SMILES string of the molecule is Cc1ccccc1CC(=O)Nc1c(Br)cccc1C(=O)O. The molecular weight excluding hydrogens is 334 g/mol. The number of hydrogen-bond donors (Lipinski definition) is 2. The smallest absolute Gasteiger partial charge is 0.337 e. The Bertz CT molecular complexity index is 698. The van der Waals surface area contributed by atoms with Crippen molar-refractivity contribution in [1.82, 2.24) is 0 Å². The second-order valence-electron chi connectivity index (χ2n) is 4.62. The van der Waals surface area contributed by atoms with Crippen LogP contribution in [0.3, 0.4) is 0 Å². The topological polar surface area (TPSA) is 66.4 Å². The van der Waals surface area contributed by atoms with E-state index in [0.717, 1.165) is 11.1 Å². The monoisotopic (exact) mass is 347 g/mol. The molecule has 21 heavy (non-hydrogen) atoms. The van der Waals surface area contributed by atoms with Crippen LogP contribution in [-0.2, 0) is 11.2 Å². The van der Waals surface area contributed by atoms with Crippen molar-refractivity contribution in [3.63, 3.8) is 0 Å². The molecule has 0 aliphatic carbocycles. The summed E-state index contributed by atoms with van der Waals surface area (Å²) in [5.41, 5.74) is 2.28. The van der Waals surface area contributed by atoms with Gasteiger partial charge in [0, 0.05) is 4.47 Å². The van der Waals surface area contributed by atoms with Gasteiger partial charge in [-0.2, -0.15) is 0 Å². The maximum Gasteiger partial charge on any atom is 0.337 e. The maximum atomic E-state index is 12.1. The molecule has 108 valence electrons. The van der Waals surface area contributed by atoms with E-state index in [0.29, 0.717) is 4.47 Å². The van der Waals surface area contributed by atoms with Crippen molar-refractivity contribution in [1.29, 1.82) is 0 Å². The van der Waals surface area contributed by atoms with E-state index in [2.05, 4.69) is 21.2 Å². The van der Waals surface area contributed by atoms with Crippen LogP contribution in [0.1, 0.15) is 21.5 Å². The summed E-state index contributed by atoms with van der Waals surface area (Å²) in [6.07, 6.45) is 0.201. The molecule has 0 saturated heterocycles. The predicted molar refractivity (Wildman–Crippen MR) is 84.6 cm³/mol. The fourth-order valence-electron chi connectivity index (χ4n) is 1.99. The zero-order valence-electron chi connectivity index (χ0n) is 11.4. The van der Waals surface area contributed by atoms with E-state index in [1.54, 1.807) is 12.1 Å². The number of benzene rings is 2. The number of aryl methyl sites for hydroxylation is 1. The van der Waals surface area contributed by atoms with Gasteiger partial charge in [0.25, 0.3) is 0 Å². The van der Waals surface area contributed by atoms with Crippen molar-refractivity contribution in [2.24, 2.45) is 0 Å². The van der Waals surface area contributed by atoms with Gasteiger partial charge in [0.05, 0.1) is 17.7 Å². The first-order chi connectivity index (χ1) is 9.99. The average Bonchev–Trinajstić information content (AvgIpc) is 2.43. The highest BCUT2D eigenvalue weighted by Crippen LogP contribution is 2.26. The van der Waals surface area contributed by atoms with Crippen LogP contribution < -0.4 is 5.32 Å². The van der Waals surface area contributed by atoms with Crippen LogP contribution in [0.5, 0.6) is 0 Å². The van der Waals surface area contributed by atoms with Crippen molar-refractivity contribution in [3.8, 4) is 0 Å². The van der Waals surface area contributed by atoms with Crippen LogP contribution in [-0.4, -0.2) is 17.0 Å². The van der Waals surface area contributed by atoms with E-state index in [4.69, 9.17) is 5.11 Å². The van der Waals surface area contributed by atoms with Crippen molar-refractivity contribution in [2.45, 2.75) is 13.3 Å². The van der Waals surface area contributed by atoms with E-state index >= 15 is 0 Å². The number of carboxylic acid groups (broad SMARTS) is 1. The number of halogens is 1. The number of nitrogens with one attached hydrogen (secondary N) is 1. The van der Waals surface area contributed by atoms with Crippen molar-refractivity contribution < 1.29 is 14.7 Å². The van der Waals surface area contributed by atoms with E-state index in [1.807, 2.05) is 31.2 Å². The molecule has 4 nitrogen and oxygen atoms in total. The average molecular weight is 348 g/mol. The van der Waals surface area contributed by atoms with E-state index in [-0.39, 0.29) is 23.6 Å². The summed E-state index contributed by atoms with van der Waals surface area (Å²) < 4.78 is 0.542. The third kappa shape index (κ3) is 3.70. The fraction of sp³-hybridized carbons (Fsp3) is 0.125. The normalized spacial score (nSPS) is 10.2. The Hall–Kier alpha value is -2.14. The minimum absolute atomic E-state index is 0.0579. The number of para-hydroxylation sites is 1. The van der Waals surface area contributed by atoms with E-state index in [1.165, 1.54) is 6.07 Å². The summed E-state index contributed by atoms with van der Waals surface area (Å²) in [5, 5.41) is 11.8. The molecular formula is C16H14BrNO3.